The lowest BCUT2D eigenvalue weighted by Gasteiger charge is -2.09. The lowest BCUT2D eigenvalue weighted by atomic mass is 10.3. The Kier molecular flexibility index (Phi) is 5.60. The van der Waals surface area contributed by atoms with E-state index in [0.717, 1.165) is 24.3 Å². The minimum absolute atomic E-state index is 0.0141. The molecule has 1 aliphatic rings. The van der Waals surface area contributed by atoms with Gasteiger partial charge in [-0.1, -0.05) is 17.8 Å². The summed E-state index contributed by atoms with van der Waals surface area (Å²) < 4.78 is 7.12. The lowest BCUT2D eigenvalue weighted by Crippen LogP contribution is -2.38. The van der Waals surface area contributed by atoms with E-state index in [-0.39, 0.29) is 24.1 Å². The molecule has 1 aromatic carbocycles. The van der Waals surface area contributed by atoms with E-state index < -0.39 is 0 Å². The molecule has 0 spiro atoms. The van der Waals surface area contributed by atoms with Crippen molar-refractivity contribution in [1.29, 1.82) is 0 Å². The fourth-order valence-electron chi connectivity index (χ4n) is 2.22. The van der Waals surface area contributed by atoms with Gasteiger partial charge in [0.15, 0.2) is 5.16 Å². The van der Waals surface area contributed by atoms with Crippen molar-refractivity contribution in [3.63, 3.8) is 0 Å². The molecule has 1 heterocycles. The number of hydrogen-bond acceptors (Lipinski definition) is 5. The topological polar surface area (TPSA) is 85.2 Å². The first-order valence-electron chi connectivity index (χ1n) is 8.02. The van der Waals surface area contributed by atoms with E-state index in [1.54, 1.807) is 13.3 Å². The molecule has 2 N–H and O–H groups in total. The average Bonchev–Trinajstić information content (AvgIpc) is 3.31. The highest BCUT2D eigenvalue weighted by Gasteiger charge is 2.23. The van der Waals surface area contributed by atoms with Crippen molar-refractivity contribution in [2.75, 3.05) is 19.4 Å². The quantitative estimate of drug-likeness (QED) is 0.695. The van der Waals surface area contributed by atoms with Crippen molar-refractivity contribution in [2.24, 2.45) is 0 Å². The van der Waals surface area contributed by atoms with Crippen LogP contribution in [0, 0.1) is 0 Å². The summed E-state index contributed by atoms with van der Waals surface area (Å²) in [5.74, 6) is 0.606. The fourth-order valence-corrected chi connectivity index (χ4v) is 3.02. The molecule has 132 valence electrons. The van der Waals surface area contributed by atoms with Gasteiger partial charge in [0, 0.05) is 24.5 Å². The van der Waals surface area contributed by atoms with Gasteiger partial charge in [-0.15, -0.1) is 0 Å². The van der Waals surface area contributed by atoms with Gasteiger partial charge in [0.05, 0.1) is 25.1 Å². The molecule has 0 unspecified atom stereocenters. The zero-order chi connectivity index (χ0) is 17.6. The smallest absolute Gasteiger partial charge is 0.239 e. The summed E-state index contributed by atoms with van der Waals surface area (Å²) >= 11 is 1.32. The first kappa shape index (κ1) is 17.3. The predicted octanol–water partition coefficient (Wildman–Crippen LogP) is 1.37. The summed E-state index contributed by atoms with van der Waals surface area (Å²) in [5.41, 5.74) is 0.906. The van der Waals surface area contributed by atoms with Crippen LogP contribution in [-0.4, -0.2) is 46.8 Å². The van der Waals surface area contributed by atoms with Crippen LogP contribution in [0.25, 0.3) is 5.69 Å². The van der Waals surface area contributed by atoms with Crippen LogP contribution in [-0.2, 0) is 9.59 Å². The van der Waals surface area contributed by atoms with Gasteiger partial charge in [0.25, 0.3) is 0 Å². The molecule has 0 aliphatic heterocycles. The molecule has 7 nitrogen and oxygen atoms in total. The molecule has 2 aromatic rings. The van der Waals surface area contributed by atoms with Crippen molar-refractivity contribution in [3.05, 3.63) is 36.7 Å². The Labute approximate surface area is 150 Å². The Bertz CT molecular complexity index is 758. The molecule has 1 fully saturated rings. The molecule has 1 aliphatic carbocycles. The van der Waals surface area contributed by atoms with Gasteiger partial charge >= 0.3 is 0 Å². The highest BCUT2D eigenvalue weighted by molar-refractivity contribution is 7.99. The largest absolute Gasteiger partial charge is 0.497 e. The zero-order valence-corrected chi connectivity index (χ0v) is 14.7. The molecule has 1 aromatic heterocycles. The summed E-state index contributed by atoms with van der Waals surface area (Å²) in [6.45, 7) is 0.0141. The molecular formula is C17H20N4O3S. The van der Waals surface area contributed by atoms with E-state index in [0.29, 0.717) is 11.2 Å². The number of amides is 2. The van der Waals surface area contributed by atoms with E-state index in [1.165, 1.54) is 11.8 Å². The third kappa shape index (κ3) is 4.99. The molecular weight excluding hydrogens is 340 g/mol. The van der Waals surface area contributed by atoms with Crippen LogP contribution in [0.5, 0.6) is 5.75 Å². The van der Waals surface area contributed by atoms with E-state index in [2.05, 4.69) is 15.6 Å². The number of ether oxygens (including phenoxy) is 1. The second-order valence-corrected chi connectivity index (χ2v) is 6.63. The molecule has 8 heteroatoms. The van der Waals surface area contributed by atoms with Gasteiger partial charge < -0.3 is 15.4 Å². The third-order valence-electron chi connectivity index (χ3n) is 3.66. The van der Waals surface area contributed by atoms with Crippen molar-refractivity contribution in [2.45, 2.75) is 24.0 Å². The van der Waals surface area contributed by atoms with Crippen LogP contribution < -0.4 is 15.4 Å². The van der Waals surface area contributed by atoms with Crippen LogP contribution in [0.2, 0.25) is 0 Å². The van der Waals surface area contributed by atoms with Crippen molar-refractivity contribution >= 4 is 23.6 Å². The SMILES string of the molecule is COc1cccc(-n2ccnc2SCC(=O)NCC(=O)NC2CC2)c1. The molecule has 0 atom stereocenters. The van der Waals surface area contributed by atoms with Gasteiger partial charge in [-0.25, -0.2) is 4.98 Å². The number of aromatic nitrogens is 2. The second-order valence-electron chi connectivity index (χ2n) is 5.69. The van der Waals surface area contributed by atoms with Crippen molar-refractivity contribution in [3.8, 4) is 11.4 Å². The zero-order valence-electron chi connectivity index (χ0n) is 13.9. The van der Waals surface area contributed by atoms with Gasteiger partial charge in [0.2, 0.25) is 11.8 Å². The number of carbonyl (C=O) groups is 2. The fraction of sp³-hybridized carbons (Fsp3) is 0.353. The summed E-state index contributed by atoms with van der Waals surface area (Å²) in [6.07, 6.45) is 5.58. The number of thioether (sulfide) groups is 1. The maximum absolute atomic E-state index is 11.9. The Morgan fingerprint density at radius 1 is 1.36 bits per heavy atom. The third-order valence-corrected chi connectivity index (χ3v) is 4.63. The average molecular weight is 360 g/mol. The van der Waals surface area contributed by atoms with E-state index in [4.69, 9.17) is 4.74 Å². The van der Waals surface area contributed by atoms with E-state index in [9.17, 15) is 9.59 Å². The molecule has 0 radical (unpaired) electrons. The minimum Gasteiger partial charge on any atom is -0.497 e. The van der Waals surface area contributed by atoms with Gasteiger partial charge in [0.1, 0.15) is 5.75 Å². The number of nitrogens with zero attached hydrogens (tertiary/aromatic N) is 2. The molecule has 1 saturated carbocycles. The van der Waals surface area contributed by atoms with E-state index in [1.807, 2.05) is 35.0 Å². The molecule has 2 amide bonds. The van der Waals surface area contributed by atoms with Crippen molar-refractivity contribution < 1.29 is 14.3 Å². The van der Waals surface area contributed by atoms with Crippen LogP contribution >= 0.6 is 11.8 Å². The Balaban J connectivity index is 1.52. The summed E-state index contributed by atoms with van der Waals surface area (Å²) in [5, 5.41) is 6.16. The molecule has 0 saturated heterocycles. The van der Waals surface area contributed by atoms with E-state index >= 15 is 0 Å². The first-order valence-corrected chi connectivity index (χ1v) is 9.01. The Morgan fingerprint density at radius 2 is 2.20 bits per heavy atom. The number of hydrogen-bond donors (Lipinski definition) is 2. The second kappa shape index (κ2) is 8.06. The number of rotatable bonds is 8. The summed E-state index contributed by atoms with van der Waals surface area (Å²) in [6, 6.07) is 7.90. The van der Waals surface area contributed by atoms with Gasteiger partial charge in [-0.2, -0.15) is 0 Å². The Morgan fingerprint density at radius 3 is 2.96 bits per heavy atom. The highest BCUT2D eigenvalue weighted by atomic mass is 32.2. The number of benzene rings is 1. The maximum atomic E-state index is 11.9. The lowest BCUT2D eigenvalue weighted by molar-refractivity contribution is -0.124. The summed E-state index contributed by atoms with van der Waals surface area (Å²) in [7, 11) is 1.62. The Hall–Kier alpha value is -2.48. The number of methoxy groups -OCH3 is 1. The van der Waals surface area contributed by atoms with Crippen molar-refractivity contribution in [1.82, 2.24) is 20.2 Å². The number of imidazole rings is 1. The summed E-state index contributed by atoms with van der Waals surface area (Å²) in [4.78, 5) is 27.8. The molecule has 3 rings (SSSR count). The normalized spacial score (nSPS) is 13.3. The van der Waals surface area contributed by atoms with Crippen LogP contribution in [0.1, 0.15) is 12.8 Å². The predicted molar refractivity (Wildman–Crippen MR) is 95.0 cm³/mol. The molecule has 25 heavy (non-hydrogen) atoms. The van der Waals surface area contributed by atoms with Crippen LogP contribution in [0.15, 0.2) is 41.8 Å². The first-order chi connectivity index (χ1) is 12.2. The highest BCUT2D eigenvalue weighted by Crippen LogP contribution is 2.23. The number of carbonyl (C=O) groups excluding carboxylic acids is 2. The monoisotopic (exact) mass is 360 g/mol. The van der Waals surface area contributed by atoms with Gasteiger partial charge in [-0.3, -0.25) is 14.2 Å². The van der Waals surface area contributed by atoms with Gasteiger partial charge in [-0.05, 0) is 25.0 Å². The molecule has 0 bridgehead atoms. The maximum Gasteiger partial charge on any atom is 0.239 e. The standard InChI is InChI=1S/C17H20N4O3S/c1-24-14-4-2-3-13(9-14)21-8-7-18-17(21)25-11-16(23)19-10-15(22)20-12-5-6-12/h2-4,7-9,12H,5-6,10-11H2,1H3,(H,19,23)(H,20,22). The number of nitrogens with one attached hydrogen (secondary N) is 2. The van der Waals surface area contributed by atoms with Crippen LogP contribution in [0.3, 0.4) is 0 Å². The van der Waals surface area contributed by atoms with Crippen LogP contribution in [0.4, 0.5) is 0 Å². The minimum atomic E-state index is -0.198.